The number of rotatable bonds is 3. The van der Waals surface area contributed by atoms with Crippen LogP contribution in [0.4, 0.5) is 0 Å². The van der Waals surface area contributed by atoms with Crippen LogP contribution in [0.25, 0.3) is 0 Å². The second-order valence-electron chi connectivity index (χ2n) is 4.13. The molecule has 1 amide bonds. The molecule has 0 aromatic heterocycles. The van der Waals surface area contributed by atoms with Gasteiger partial charge in [0.1, 0.15) is 11.8 Å². The summed E-state index contributed by atoms with van der Waals surface area (Å²) in [5.74, 6) is -0.901. The maximum absolute atomic E-state index is 11.8. The molecule has 2 N–H and O–H groups in total. The Labute approximate surface area is 109 Å². The summed E-state index contributed by atoms with van der Waals surface area (Å²) in [5.41, 5.74) is 0.852. The number of aliphatic carboxylic acids is 1. The maximum atomic E-state index is 11.8. The molecule has 1 heterocycles. The van der Waals surface area contributed by atoms with Gasteiger partial charge in [-0.2, -0.15) is 0 Å². The Morgan fingerprint density at radius 1 is 1.56 bits per heavy atom. The molecule has 1 aromatic carbocycles. The van der Waals surface area contributed by atoms with Gasteiger partial charge in [-0.1, -0.05) is 11.6 Å². The van der Waals surface area contributed by atoms with Gasteiger partial charge in [-0.05, 0) is 30.7 Å². The smallest absolute Gasteiger partial charge is 0.325 e. The van der Waals surface area contributed by atoms with Crippen LogP contribution in [-0.2, 0) is 16.0 Å². The highest BCUT2D eigenvalue weighted by atomic mass is 35.5. The highest BCUT2D eigenvalue weighted by Gasteiger charge is 2.30. The number of carbonyl (C=O) groups is 2. The van der Waals surface area contributed by atoms with Crippen molar-refractivity contribution < 1.29 is 19.4 Å². The Hall–Kier alpha value is -1.75. The van der Waals surface area contributed by atoms with E-state index < -0.39 is 24.0 Å². The topological polar surface area (TPSA) is 75.6 Å². The average molecular weight is 270 g/mol. The first kappa shape index (κ1) is 12.7. The van der Waals surface area contributed by atoms with E-state index in [1.165, 1.54) is 6.92 Å². The fraction of sp³-hybridized carbons (Fsp3) is 0.333. The SMILES string of the molecule is C[C@@H](NC(=O)C1Cc2cc(Cl)ccc2O1)C(=O)O. The van der Waals surface area contributed by atoms with Gasteiger partial charge in [0, 0.05) is 11.4 Å². The molecule has 5 nitrogen and oxygen atoms in total. The van der Waals surface area contributed by atoms with Crippen molar-refractivity contribution in [3.05, 3.63) is 28.8 Å². The average Bonchev–Trinajstić information content (AvgIpc) is 2.71. The minimum Gasteiger partial charge on any atom is -0.480 e. The van der Waals surface area contributed by atoms with E-state index >= 15 is 0 Å². The van der Waals surface area contributed by atoms with Crippen molar-refractivity contribution in [3.8, 4) is 5.75 Å². The first-order valence-corrected chi connectivity index (χ1v) is 5.83. The largest absolute Gasteiger partial charge is 0.480 e. The Bertz CT molecular complexity index is 503. The summed E-state index contributed by atoms with van der Waals surface area (Å²) in [6.45, 7) is 1.40. The Kier molecular flexibility index (Phi) is 3.43. The van der Waals surface area contributed by atoms with Crippen molar-refractivity contribution in [2.45, 2.75) is 25.5 Å². The van der Waals surface area contributed by atoms with Gasteiger partial charge in [0.25, 0.3) is 5.91 Å². The molecule has 1 aliphatic heterocycles. The molecule has 1 aliphatic rings. The molecule has 0 saturated carbocycles. The summed E-state index contributed by atoms with van der Waals surface area (Å²) >= 11 is 5.84. The molecule has 0 fully saturated rings. The minimum absolute atomic E-state index is 0.397. The quantitative estimate of drug-likeness (QED) is 0.865. The normalized spacial score (nSPS) is 18.7. The van der Waals surface area contributed by atoms with E-state index in [1.54, 1.807) is 18.2 Å². The number of nitrogens with one attached hydrogen (secondary N) is 1. The molecular weight excluding hydrogens is 258 g/mol. The van der Waals surface area contributed by atoms with Gasteiger partial charge >= 0.3 is 5.97 Å². The van der Waals surface area contributed by atoms with Gasteiger partial charge in [0.15, 0.2) is 6.10 Å². The fourth-order valence-electron chi connectivity index (χ4n) is 1.73. The second kappa shape index (κ2) is 4.86. The van der Waals surface area contributed by atoms with Gasteiger partial charge in [-0.25, -0.2) is 0 Å². The zero-order chi connectivity index (χ0) is 13.3. The number of hydrogen-bond donors (Lipinski definition) is 2. The lowest BCUT2D eigenvalue weighted by Crippen LogP contribution is -2.45. The van der Waals surface area contributed by atoms with Crippen LogP contribution in [0.5, 0.6) is 5.75 Å². The van der Waals surface area contributed by atoms with Crippen molar-refractivity contribution >= 4 is 23.5 Å². The number of carboxylic acid groups (broad SMARTS) is 1. The zero-order valence-corrected chi connectivity index (χ0v) is 10.4. The minimum atomic E-state index is -1.08. The Morgan fingerprint density at radius 2 is 2.28 bits per heavy atom. The molecule has 96 valence electrons. The molecule has 18 heavy (non-hydrogen) atoms. The van der Waals surface area contributed by atoms with Gasteiger partial charge in [0.05, 0.1) is 0 Å². The van der Waals surface area contributed by atoms with E-state index in [-0.39, 0.29) is 0 Å². The van der Waals surface area contributed by atoms with E-state index in [4.69, 9.17) is 21.4 Å². The number of fused-ring (bicyclic) bond motifs is 1. The van der Waals surface area contributed by atoms with Crippen LogP contribution in [0.1, 0.15) is 12.5 Å². The highest BCUT2D eigenvalue weighted by molar-refractivity contribution is 6.30. The van der Waals surface area contributed by atoms with Gasteiger partial charge < -0.3 is 15.2 Å². The highest BCUT2D eigenvalue weighted by Crippen LogP contribution is 2.31. The third kappa shape index (κ3) is 2.56. The third-order valence-electron chi connectivity index (χ3n) is 2.72. The number of carbonyl (C=O) groups excluding carboxylic acids is 1. The summed E-state index contributed by atoms with van der Waals surface area (Å²) in [7, 11) is 0. The van der Waals surface area contributed by atoms with E-state index in [0.717, 1.165) is 5.56 Å². The molecule has 1 unspecified atom stereocenters. The van der Waals surface area contributed by atoms with E-state index in [9.17, 15) is 9.59 Å². The number of ether oxygens (including phenoxy) is 1. The Balaban J connectivity index is 2.02. The molecule has 2 atom stereocenters. The van der Waals surface area contributed by atoms with Crippen LogP contribution in [0.2, 0.25) is 5.02 Å². The second-order valence-corrected chi connectivity index (χ2v) is 4.57. The number of amides is 1. The Morgan fingerprint density at radius 3 is 2.94 bits per heavy atom. The fourth-order valence-corrected chi connectivity index (χ4v) is 1.93. The van der Waals surface area contributed by atoms with Crippen molar-refractivity contribution in [1.29, 1.82) is 0 Å². The summed E-state index contributed by atoms with van der Waals surface area (Å²) in [6.07, 6.45) is -0.297. The molecule has 6 heteroatoms. The molecule has 0 aliphatic carbocycles. The number of carboxylic acids is 1. The van der Waals surface area contributed by atoms with Crippen LogP contribution < -0.4 is 10.1 Å². The molecule has 0 bridgehead atoms. The van der Waals surface area contributed by atoms with Crippen LogP contribution in [-0.4, -0.2) is 29.1 Å². The monoisotopic (exact) mass is 269 g/mol. The zero-order valence-electron chi connectivity index (χ0n) is 9.64. The predicted octanol–water partition coefficient (Wildman–Crippen LogP) is 1.23. The van der Waals surface area contributed by atoms with Gasteiger partial charge in [0.2, 0.25) is 0 Å². The lowest BCUT2D eigenvalue weighted by Gasteiger charge is -2.13. The first-order chi connectivity index (χ1) is 8.47. The lowest BCUT2D eigenvalue weighted by atomic mass is 10.1. The first-order valence-electron chi connectivity index (χ1n) is 5.45. The van der Waals surface area contributed by atoms with Gasteiger partial charge in [-0.15, -0.1) is 0 Å². The van der Waals surface area contributed by atoms with Crippen molar-refractivity contribution in [1.82, 2.24) is 5.32 Å². The molecule has 2 rings (SSSR count). The molecule has 1 aromatic rings. The summed E-state index contributed by atoms with van der Waals surface area (Å²) in [6, 6.07) is 4.19. The van der Waals surface area contributed by atoms with E-state index in [0.29, 0.717) is 17.2 Å². The van der Waals surface area contributed by atoms with Crippen LogP contribution in [0.15, 0.2) is 18.2 Å². The maximum Gasteiger partial charge on any atom is 0.325 e. The molecule has 0 spiro atoms. The van der Waals surface area contributed by atoms with Crippen molar-refractivity contribution in [2.75, 3.05) is 0 Å². The van der Waals surface area contributed by atoms with Crippen LogP contribution in [0.3, 0.4) is 0 Å². The number of benzene rings is 1. The third-order valence-corrected chi connectivity index (χ3v) is 2.95. The molecule has 0 radical (unpaired) electrons. The van der Waals surface area contributed by atoms with Crippen molar-refractivity contribution in [2.24, 2.45) is 0 Å². The predicted molar refractivity (Wildman–Crippen MR) is 64.8 cm³/mol. The van der Waals surface area contributed by atoms with Crippen molar-refractivity contribution in [3.63, 3.8) is 0 Å². The van der Waals surface area contributed by atoms with Gasteiger partial charge in [-0.3, -0.25) is 9.59 Å². The standard InChI is InChI=1S/C12H12ClNO4/c1-6(12(16)17)14-11(15)10-5-7-4-8(13)2-3-9(7)18-10/h2-4,6,10H,5H2,1H3,(H,14,15)(H,16,17)/t6-,10?/m1/s1. The number of hydrogen-bond acceptors (Lipinski definition) is 3. The summed E-state index contributed by atoms with van der Waals surface area (Å²) in [5, 5.41) is 11.7. The lowest BCUT2D eigenvalue weighted by molar-refractivity contribution is -0.142. The van der Waals surface area contributed by atoms with Crippen LogP contribution >= 0.6 is 11.6 Å². The summed E-state index contributed by atoms with van der Waals surface area (Å²) < 4.78 is 5.44. The summed E-state index contributed by atoms with van der Waals surface area (Å²) in [4.78, 5) is 22.4. The van der Waals surface area contributed by atoms with E-state index in [1.807, 2.05) is 0 Å². The number of halogens is 1. The molecule has 0 saturated heterocycles. The molecular formula is C12H12ClNO4. The van der Waals surface area contributed by atoms with E-state index in [2.05, 4.69) is 5.32 Å². The van der Waals surface area contributed by atoms with Crippen LogP contribution in [0, 0.1) is 0 Å².